The fourth-order valence-electron chi connectivity index (χ4n) is 1.15. The predicted octanol–water partition coefficient (Wildman–Crippen LogP) is 0.957. The van der Waals surface area contributed by atoms with Crippen LogP contribution in [0, 0.1) is 0 Å². The molecule has 0 fully saturated rings. The summed E-state index contributed by atoms with van der Waals surface area (Å²) in [5.41, 5.74) is 6.60. The van der Waals surface area contributed by atoms with Crippen LogP contribution in [0.1, 0.15) is 18.5 Å². The van der Waals surface area contributed by atoms with E-state index in [1.165, 1.54) is 18.4 Å². The van der Waals surface area contributed by atoms with Gasteiger partial charge in [-0.05, 0) is 24.6 Å². The van der Waals surface area contributed by atoms with E-state index in [1.807, 2.05) is 6.92 Å². The third kappa shape index (κ3) is 2.56. The van der Waals surface area contributed by atoms with Crippen molar-refractivity contribution < 1.29 is 8.42 Å². The highest BCUT2D eigenvalue weighted by Crippen LogP contribution is 2.16. The summed E-state index contributed by atoms with van der Waals surface area (Å²) in [7, 11) is -0.309. The number of nitrogens with zero attached hydrogens (tertiary/aromatic N) is 1. The lowest BCUT2D eigenvalue weighted by Gasteiger charge is -2.12. The van der Waals surface area contributed by atoms with Crippen LogP contribution in [0.5, 0.6) is 0 Å². The van der Waals surface area contributed by atoms with Crippen LogP contribution in [0.2, 0.25) is 0 Å². The van der Waals surface area contributed by atoms with Crippen molar-refractivity contribution in [2.24, 2.45) is 5.73 Å². The average Bonchev–Trinajstić information content (AvgIpc) is 2.17. The molecule has 0 aliphatic carbocycles. The third-order valence-electron chi connectivity index (χ3n) is 2.18. The van der Waals surface area contributed by atoms with Crippen molar-refractivity contribution >= 4 is 10.0 Å². The van der Waals surface area contributed by atoms with Crippen molar-refractivity contribution in [3.8, 4) is 0 Å². The zero-order valence-electron chi connectivity index (χ0n) is 9.14. The monoisotopic (exact) mass is 228 g/mol. The first-order valence-electron chi connectivity index (χ1n) is 4.64. The van der Waals surface area contributed by atoms with Crippen LogP contribution in [0.3, 0.4) is 0 Å². The molecule has 0 heterocycles. The Hall–Kier alpha value is -0.910. The van der Waals surface area contributed by atoms with Crippen molar-refractivity contribution in [1.82, 2.24) is 4.31 Å². The van der Waals surface area contributed by atoms with E-state index in [-0.39, 0.29) is 10.9 Å². The maximum absolute atomic E-state index is 11.7. The van der Waals surface area contributed by atoms with E-state index in [0.29, 0.717) is 0 Å². The van der Waals surface area contributed by atoms with Gasteiger partial charge in [-0.15, -0.1) is 0 Å². The van der Waals surface area contributed by atoms with Crippen molar-refractivity contribution in [2.45, 2.75) is 17.9 Å². The molecule has 4 nitrogen and oxygen atoms in total. The molecule has 1 aromatic rings. The van der Waals surface area contributed by atoms with Gasteiger partial charge in [-0.1, -0.05) is 12.1 Å². The minimum absolute atomic E-state index is 0.0823. The first kappa shape index (κ1) is 12.2. The molecule has 0 amide bonds. The number of benzene rings is 1. The second-order valence-electron chi connectivity index (χ2n) is 3.65. The van der Waals surface area contributed by atoms with Crippen molar-refractivity contribution in [3.05, 3.63) is 29.8 Å². The lowest BCUT2D eigenvalue weighted by Crippen LogP contribution is -2.22. The van der Waals surface area contributed by atoms with Crippen LogP contribution in [0.4, 0.5) is 0 Å². The number of rotatable bonds is 3. The molecule has 2 N–H and O–H groups in total. The van der Waals surface area contributed by atoms with Gasteiger partial charge in [-0.2, -0.15) is 0 Å². The number of sulfonamides is 1. The largest absolute Gasteiger partial charge is 0.324 e. The fourth-order valence-corrected chi connectivity index (χ4v) is 2.06. The van der Waals surface area contributed by atoms with Crippen LogP contribution < -0.4 is 5.73 Å². The number of hydrogen-bond acceptors (Lipinski definition) is 3. The summed E-state index contributed by atoms with van der Waals surface area (Å²) in [5, 5.41) is 0. The molecule has 1 aromatic carbocycles. The molecule has 1 atom stereocenters. The molecular formula is C10H16N2O2S. The molecule has 0 aliphatic rings. The minimum atomic E-state index is -3.33. The molecular weight excluding hydrogens is 212 g/mol. The highest BCUT2D eigenvalue weighted by Gasteiger charge is 2.16. The fraction of sp³-hybridized carbons (Fsp3) is 0.400. The van der Waals surface area contributed by atoms with E-state index in [4.69, 9.17) is 5.73 Å². The molecule has 0 spiro atoms. The van der Waals surface area contributed by atoms with Crippen LogP contribution in [-0.2, 0) is 10.0 Å². The quantitative estimate of drug-likeness (QED) is 0.838. The molecule has 1 unspecified atom stereocenters. The Labute approximate surface area is 90.8 Å². The molecule has 0 radical (unpaired) electrons. The summed E-state index contributed by atoms with van der Waals surface area (Å²) >= 11 is 0. The molecule has 15 heavy (non-hydrogen) atoms. The van der Waals surface area contributed by atoms with Crippen LogP contribution in [-0.4, -0.2) is 26.8 Å². The Kier molecular flexibility index (Phi) is 3.49. The SMILES string of the molecule is CC(N)c1ccc(S(=O)(=O)N(C)C)cc1. The number of nitrogens with two attached hydrogens (primary N) is 1. The van der Waals surface area contributed by atoms with Crippen molar-refractivity contribution in [1.29, 1.82) is 0 Å². The molecule has 5 heteroatoms. The lowest BCUT2D eigenvalue weighted by molar-refractivity contribution is 0.520. The second-order valence-corrected chi connectivity index (χ2v) is 5.80. The summed E-state index contributed by atoms with van der Waals surface area (Å²) < 4.78 is 24.6. The van der Waals surface area contributed by atoms with Gasteiger partial charge in [0.05, 0.1) is 4.90 Å². The zero-order chi connectivity index (χ0) is 11.6. The van der Waals surface area contributed by atoms with E-state index >= 15 is 0 Å². The van der Waals surface area contributed by atoms with Gasteiger partial charge < -0.3 is 5.73 Å². The molecule has 84 valence electrons. The minimum Gasteiger partial charge on any atom is -0.324 e. The maximum atomic E-state index is 11.7. The van der Waals surface area contributed by atoms with E-state index in [2.05, 4.69) is 0 Å². The van der Waals surface area contributed by atoms with Gasteiger partial charge in [0.25, 0.3) is 0 Å². The third-order valence-corrected chi connectivity index (χ3v) is 4.01. The molecule has 0 bridgehead atoms. The van der Waals surface area contributed by atoms with Gasteiger partial charge in [0.2, 0.25) is 10.0 Å². The first-order chi connectivity index (χ1) is 6.85. The van der Waals surface area contributed by atoms with Crippen LogP contribution in [0.25, 0.3) is 0 Å². The van der Waals surface area contributed by atoms with E-state index in [0.717, 1.165) is 5.56 Å². The van der Waals surface area contributed by atoms with Gasteiger partial charge in [-0.3, -0.25) is 0 Å². The predicted molar refractivity (Wildman–Crippen MR) is 59.9 cm³/mol. The topological polar surface area (TPSA) is 63.4 Å². The van der Waals surface area contributed by atoms with Gasteiger partial charge in [0.15, 0.2) is 0 Å². The van der Waals surface area contributed by atoms with Gasteiger partial charge >= 0.3 is 0 Å². The van der Waals surface area contributed by atoms with E-state index in [1.54, 1.807) is 24.3 Å². The lowest BCUT2D eigenvalue weighted by atomic mass is 10.1. The summed E-state index contributed by atoms with van der Waals surface area (Å²) in [6, 6.07) is 6.55. The summed E-state index contributed by atoms with van der Waals surface area (Å²) in [6.07, 6.45) is 0. The number of hydrogen-bond donors (Lipinski definition) is 1. The zero-order valence-corrected chi connectivity index (χ0v) is 9.95. The Bertz CT molecular complexity index is 421. The normalized spacial score (nSPS) is 14.2. The second kappa shape index (κ2) is 4.30. The summed E-state index contributed by atoms with van der Waals surface area (Å²) in [6.45, 7) is 1.86. The van der Waals surface area contributed by atoms with Crippen LogP contribution in [0.15, 0.2) is 29.2 Å². The smallest absolute Gasteiger partial charge is 0.242 e. The molecule has 1 rings (SSSR count). The standard InChI is InChI=1S/C10H16N2O2S/c1-8(11)9-4-6-10(7-5-9)15(13,14)12(2)3/h4-8H,11H2,1-3H3. The maximum Gasteiger partial charge on any atom is 0.242 e. The molecule has 0 aromatic heterocycles. The van der Waals surface area contributed by atoms with Gasteiger partial charge in [-0.25, -0.2) is 12.7 Å². The summed E-state index contributed by atoms with van der Waals surface area (Å²) in [4.78, 5) is 0.289. The van der Waals surface area contributed by atoms with Crippen LogP contribution >= 0.6 is 0 Å². The molecule has 0 aliphatic heterocycles. The first-order valence-corrected chi connectivity index (χ1v) is 6.08. The molecule has 0 saturated heterocycles. The van der Waals surface area contributed by atoms with Crippen molar-refractivity contribution in [2.75, 3.05) is 14.1 Å². The highest BCUT2D eigenvalue weighted by atomic mass is 32.2. The Morgan fingerprint density at radius 3 is 2.00 bits per heavy atom. The van der Waals surface area contributed by atoms with Gasteiger partial charge in [0, 0.05) is 20.1 Å². The van der Waals surface area contributed by atoms with E-state index in [9.17, 15) is 8.42 Å². The summed E-state index contributed by atoms with van der Waals surface area (Å²) in [5.74, 6) is 0. The molecule has 0 saturated carbocycles. The Balaban J connectivity index is 3.10. The van der Waals surface area contributed by atoms with Crippen molar-refractivity contribution in [3.63, 3.8) is 0 Å². The highest BCUT2D eigenvalue weighted by molar-refractivity contribution is 7.89. The van der Waals surface area contributed by atoms with E-state index < -0.39 is 10.0 Å². The Morgan fingerprint density at radius 2 is 1.67 bits per heavy atom. The Morgan fingerprint density at radius 1 is 1.20 bits per heavy atom. The average molecular weight is 228 g/mol. The van der Waals surface area contributed by atoms with Gasteiger partial charge in [0.1, 0.15) is 0 Å².